The number of hydrogen-bond acceptors (Lipinski definition) is 4. The highest BCUT2D eigenvalue weighted by Crippen LogP contribution is 2.18. The highest BCUT2D eigenvalue weighted by molar-refractivity contribution is 6.33. The molecule has 2 rings (SSSR count). The van der Waals surface area contributed by atoms with Crippen molar-refractivity contribution in [3.05, 3.63) is 52.3 Å². The van der Waals surface area contributed by atoms with Crippen LogP contribution in [0, 0.1) is 0 Å². The van der Waals surface area contributed by atoms with Crippen LogP contribution in [0.15, 0.2) is 36.4 Å². The summed E-state index contributed by atoms with van der Waals surface area (Å²) in [5, 5.41) is 3.11. The number of hydrogen-bond donors (Lipinski definition) is 1. The van der Waals surface area contributed by atoms with E-state index in [9.17, 15) is 4.79 Å². The fourth-order valence-electron chi connectivity index (χ4n) is 1.78. The zero-order valence-corrected chi connectivity index (χ0v) is 14.4. The van der Waals surface area contributed by atoms with Gasteiger partial charge in [0.2, 0.25) is 0 Å². The van der Waals surface area contributed by atoms with E-state index in [4.69, 9.17) is 27.9 Å². The van der Waals surface area contributed by atoms with Crippen LogP contribution in [0.3, 0.4) is 0 Å². The summed E-state index contributed by atoms with van der Waals surface area (Å²) >= 11 is 11.6. The van der Waals surface area contributed by atoms with Gasteiger partial charge in [-0.05, 0) is 50.5 Å². The lowest BCUT2D eigenvalue weighted by atomic mass is 10.2. The summed E-state index contributed by atoms with van der Waals surface area (Å²) in [5.74, 6) is 0.442. The molecule has 0 aliphatic carbocycles. The Labute approximate surface area is 145 Å². The predicted molar refractivity (Wildman–Crippen MR) is 92.7 cm³/mol. The second kappa shape index (κ2) is 8.15. The van der Waals surface area contributed by atoms with E-state index in [2.05, 4.69) is 10.3 Å². The summed E-state index contributed by atoms with van der Waals surface area (Å²) in [6.07, 6.45) is 0. The molecule has 0 bridgehead atoms. The molecule has 7 heteroatoms. The van der Waals surface area contributed by atoms with Crippen LogP contribution in [-0.2, 0) is 0 Å². The van der Waals surface area contributed by atoms with Crippen LogP contribution in [0.5, 0.6) is 5.75 Å². The molecule has 0 aliphatic rings. The zero-order valence-electron chi connectivity index (χ0n) is 12.8. The average Bonchev–Trinajstić information content (AvgIpc) is 2.47. The summed E-state index contributed by atoms with van der Waals surface area (Å²) in [6, 6.07) is 10.1. The van der Waals surface area contributed by atoms with Crippen LogP contribution < -0.4 is 10.1 Å². The largest absolute Gasteiger partial charge is 0.492 e. The standard InChI is InChI=1S/C16H17Cl2N3O2/c1-21(2)7-8-23-13-5-3-12(4-6-13)19-16(22)11-9-14(17)20-15(18)10-11/h3-6,9-10H,7-8H2,1-2H3,(H,19,22). The number of carbonyl (C=O) groups excluding carboxylic acids is 1. The quantitative estimate of drug-likeness (QED) is 0.806. The maximum Gasteiger partial charge on any atom is 0.255 e. The minimum Gasteiger partial charge on any atom is -0.492 e. The van der Waals surface area contributed by atoms with Crippen molar-refractivity contribution in [1.29, 1.82) is 0 Å². The van der Waals surface area contributed by atoms with Crippen LogP contribution >= 0.6 is 23.2 Å². The Kier molecular flexibility index (Phi) is 6.21. The number of halogens is 2. The van der Waals surface area contributed by atoms with Crippen LogP contribution in [0.2, 0.25) is 10.3 Å². The Bertz CT molecular complexity index is 655. The third-order valence-electron chi connectivity index (χ3n) is 2.94. The van der Waals surface area contributed by atoms with Gasteiger partial charge in [-0.3, -0.25) is 4.79 Å². The molecule has 1 N–H and O–H groups in total. The van der Waals surface area contributed by atoms with Gasteiger partial charge in [0.25, 0.3) is 5.91 Å². The number of ether oxygens (including phenoxy) is 1. The number of anilines is 1. The highest BCUT2D eigenvalue weighted by atomic mass is 35.5. The van der Waals surface area contributed by atoms with E-state index in [0.717, 1.165) is 12.3 Å². The van der Waals surface area contributed by atoms with Crippen molar-refractivity contribution in [2.24, 2.45) is 0 Å². The highest BCUT2D eigenvalue weighted by Gasteiger charge is 2.09. The molecule has 0 unspecified atom stereocenters. The van der Waals surface area contributed by atoms with Crippen molar-refractivity contribution >= 4 is 34.8 Å². The SMILES string of the molecule is CN(C)CCOc1ccc(NC(=O)c2cc(Cl)nc(Cl)c2)cc1. The molecule has 1 amide bonds. The van der Waals surface area contributed by atoms with E-state index in [-0.39, 0.29) is 16.2 Å². The van der Waals surface area contributed by atoms with Gasteiger partial charge in [0.05, 0.1) is 0 Å². The number of amides is 1. The van der Waals surface area contributed by atoms with E-state index in [0.29, 0.717) is 17.9 Å². The first-order chi connectivity index (χ1) is 10.9. The van der Waals surface area contributed by atoms with Crippen LogP contribution in [0.25, 0.3) is 0 Å². The topological polar surface area (TPSA) is 54.5 Å². The van der Waals surface area contributed by atoms with Crippen molar-refractivity contribution in [2.75, 3.05) is 32.6 Å². The zero-order chi connectivity index (χ0) is 16.8. The third-order valence-corrected chi connectivity index (χ3v) is 3.33. The van der Waals surface area contributed by atoms with Gasteiger partial charge >= 0.3 is 0 Å². The van der Waals surface area contributed by atoms with Gasteiger partial charge in [0, 0.05) is 17.8 Å². The van der Waals surface area contributed by atoms with E-state index in [1.165, 1.54) is 12.1 Å². The van der Waals surface area contributed by atoms with Gasteiger partial charge in [-0.15, -0.1) is 0 Å². The molecule has 0 spiro atoms. The van der Waals surface area contributed by atoms with Crippen molar-refractivity contribution in [2.45, 2.75) is 0 Å². The monoisotopic (exact) mass is 353 g/mol. The Balaban J connectivity index is 1.96. The molecule has 0 atom stereocenters. The number of carbonyl (C=O) groups is 1. The Morgan fingerprint density at radius 1 is 1.17 bits per heavy atom. The number of pyridine rings is 1. The summed E-state index contributed by atoms with van der Waals surface area (Å²) in [5.41, 5.74) is 1.00. The Hall–Kier alpha value is -1.82. The second-order valence-corrected chi connectivity index (χ2v) is 5.91. The fourth-order valence-corrected chi connectivity index (χ4v) is 2.24. The van der Waals surface area contributed by atoms with E-state index in [1.807, 2.05) is 19.0 Å². The minimum absolute atomic E-state index is 0.173. The van der Waals surface area contributed by atoms with Gasteiger partial charge in [0.1, 0.15) is 22.7 Å². The average molecular weight is 354 g/mol. The molecule has 0 fully saturated rings. The number of nitrogens with zero attached hydrogens (tertiary/aromatic N) is 2. The first-order valence-electron chi connectivity index (χ1n) is 6.96. The van der Waals surface area contributed by atoms with Crippen molar-refractivity contribution in [3.63, 3.8) is 0 Å². The number of nitrogens with one attached hydrogen (secondary N) is 1. The molecule has 1 aromatic carbocycles. The molecular formula is C16H17Cl2N3O2. The molecule has 0 saturated carbocycles. The maximum absolute atomic E-state index is 12.2. The van der Waals surface area contributed by atoms with Gasteiger partial charge in [-0.2, -0.15) is 0 Å². The number of likely N-dealkylation sites (N-methyl/N-ethyl adjacent to an activating group) is 1. The third kappa shape index (κ3) is 5.71. The summed E-state index contributed by atoms with van der Waals surface area (Å²) in [4.78, 5) is 18.0. The summed E-state index contributed by atoms with van der Waals surface area (Å²) < 4.78 is 5.60. The van der Waals surface area contributed by atoms with Gasteiger partial charge in [-0.25, -0.2) is 4.98 Å². The van der Waals surface area contributed by atoms with E-state index < -0.39 is 0 Å². The molecule has 1 aromatic heterocycles. The lowest BCUT2D eigenvalue weighted by molar-refractivity contribution is 0.102. The number of rotatable bonds is 6. The Morgan fingerprint density at radius 2 is 1.78 bits per heavy atom. The first kappa shape index (κ1) is 17.5. The molecule has 2 aromatic rings. The van der Waals surface area contributed by atoms with Crippen molar-refractivity contribution < 1.29 is 9.53 Å². The van der Waals surface area contributed by atoms with Gasteiger partial charge in [0.15, 0.2) is 0 Å². The molecular weight excluding hydrogens is 337 g/mol. The van der Waals surface area contributed by atoms with Crippen LogP contribution in [0.1, 0.15) is 10.4 Å². The molecule has 5 nitrogen and oxygen atoms in total. The predicted octanol–water partition coefficient (Wildman–Crippen LogP) is 3.58. The number of benzene rings is 1. The minimum atomic E-state index is -0.308. The maximum atomic E-state index is 12.2. The molecule has 23 heavy (non-hydrogen) atoms. The second-order valence-electron chi connectivity index (χ2n) is 5.13. The van der Waals surface area contributed by atoms with Gasteiger partial charge < -0.3 is 15.0 Å². The number of aromatic nitrogens is 1. The smallest absolute Gasteiger partial charge is 0.255 e. The van der Waals surface area contributed by atoms with E-state index >= 15 is 0 Å². The van der Waals surface area contributed by atoms with Crippen LogP contribution in [-0.4, -0.2) is 43.0 Å². The van der Waals surface area contributed by atoms with E-state index in [1.54, 1.807) is 24.3 Å². The normalized spacial score (nSPS) is 10.7. The lowest BCUT2D eigenvalue weighted by Crippen LogP contribution is -2.19. The van der Waals surface area contributed by atoms with Crippen molar-refractivity contribution in [3.8, 4) is 5.75 Å². The van der Waals surface area contributed by atoms with Gasteiger partial charge in [-0.1, -0.05) is 23.2 Å². The first-order valence-corrected chi connectivity index (χ1v) is 7.71. The fraction of sp³-hybridized carbons (Fsp3) is 0.250. The lowest BCUT2D eigenvalue weighted by Gasteiger charge is -2.11. The molecule has 0 aliphatic heterocycles. The molecule has 0 radical (unpaired) electrons. The Morgan fingerprint density at radius 3 is 2.35 bits per heavy atom. The van der Waals surface area contributed by atoms with Crippen LogP contribution in [0.4, 0.5) is 5.69 Å². The van der Waals surface area contributed by atoms with Crippen molar-refractivity contribution in [1.82, 2.24) is 9.88 Å². The molecule has 0 saturated heterocycles. The summed E-state index contributed by atoms with van der Waals surface area (Å²) in [6.45, 7) is 1.44. The summed E-state index contributed by atoms with van der Waals surface area (Å²) in [7, 11) is 3.97. The molecule has 1 heterocycles. The molecule has 122 valence electrons.